The lowest BCUT2D eigenvalue weighted by Crippen LogP contribution is -2.40. The van der Waals surface area contributed by atoms with E-state index in [1.54, 1.807) is 7.11 Å². The Morgan fingerprint density at radius 2 is 2.22 bits per heavy atom. The summed E-state index contributed by atoms with van der Waals surface area (Å²) in [6.45, 7) is 7.72. The summed E-state index contributed by atoms with van der Waals surface area (Å²) in [7, 11) is 3.67. The molecule has 1 unspecified atom stereocenters. The van der Waals surface area contributed by atoms with Gasteiger partial charge in [-0.15, -0.1) is 24.0 Å². The lowest BCUT2D eigenvalue weighted by atomic mass is 10.0. The third kappa shape index (κ3) is 5.37. The molecule has 0 saturated carbocycles. The van der Waals surface area contributed by atoms with Crippen molar-refractivity contribution >= 4 is 29.9 Å². The maximum atomic E-state index is 5.34. The molecular formula is C20H30IN5O. The first-order valence-corrected chi connectivity index (χ1v) is 9.26. The lowest BCUT2D eigenvalue weighted by molar-refractivity contribution is 0.411. The number of halogens is 1. The van der Waals surface area contributed by atoms with Crippen LogP contribution in [0, 0.1) is 6.92 Å². The minimum Gasteiger partial charge on any atom is -0.496 e. The number of nitrogens with zero attached hydrogens (tertiary/aromatic N) is 4. The van der Waals surface area contributed by atoms with Gasteiger partial charge < -0.3 is 15.0 Å². The predicted molar refractivity (Wildman–Crippen MR) is 120 cm³/mol. The highest BCUT2D eigenvalue weighted by atomic mass is 127. The topological polar surface area (TPSA) is 54.7 Å². The number of aromatic nitrogens is 2. The highest BCUT2D eigenvalue weighted by Crippen LogP contribution is 2.27. The molecule has 27 heavy (non-hydrogen) atoms. The van der Waals surface area contributed by atoms with Crippen LogP contribution in [0.25, 0.3) is 0 Å². The van der Waals surface area contributed by atoms with Crippen LogP contribution in [0.1, 0.15) is 36.0 Å². The molecule has 2 heterocycles. The smallest absolute Gasteiger partial charge is 0.194 e. The Labute approximate surface area is 179 Å². The zero-order chi connectivity index (χ0) is 18.5. The zero-order valence-corrected chi connectivity index (χ0v) is 18.9. The molecule has 1 N–H and O–H groups in total. The molecule has 6 nitrogen and oxygen atoms in total. The van der Waals surface area contributed by atoms with Crippen LogP contribution in [0.5, 0.6) is 5.75 Å². The highest BCUT2D eigenvalue weighted by Gasteiger charge is 2.26. The Morgan fingerprint density at radius 3 is 2.85 bits per heavy atom. The molecule has 7 heteroatoms. The summed E-state index contributed by atoms with van der Waals surface area (Å²) in [6, 6.07) is 6.25. The van der Waals surface area contributed by atoms with Gasteiger partial charge in [0.15, 0.2) is 5.96 Å². The zero-order valence-electron chi connectivity index (χ0n) is 16.6. The number of nitrogens with one attached hydrogen (secondary N) is 1. The molecule has 2 aromatic rings. The third-order valence-electron chi connectivity index (χ3n) is 4.89. The van der Waals surface area contributed by atoms with Crippen molar-refractivity contribution < 1.29 is 4.74 Å². The number of hydrogen-bond donors (Lipinski definition) is 1. The van der Waals surface area contributed by atoms with Gasteiger partial charge in [0.2, 0.25) is 0 Å². The van der Waals surface area contributed by atoms with E-state index in [4.69, 9.17) is 9.73 Å². The molecule has 1 fully saturated rings. The van der Waals surface area contributed by atoms with Gasteiger partial charge in [0.05, 0.1) is 19.9 Å². The Balaban J connectivity index is 0.00000261. The fraction of sp³-hybridized carbons (Fsp3) is 0.500. The Morgan fingerprint density at radius 1 is 1.41 bits per heavy atom. The number of guanidine groups is 1. The number of aliphatic imine (C=N–C) groups is 1. The summed E-state index contributed by atoms with van der Waals surface area (Å²) in [6.07, 6.45) is 5.24. The summed E-state index contributed by atoms with van der Waals surface area (Å²) in [4.78, 5) is 7.22. The van der Waals surface area contributed by atoms with E-state index in [1.165, 1.54) is 11.1 Å². The molecule has 0 bridgehead atoms. The molecular weight excluding hydrogens is 453 g/mol. The van der Waals surface area contributed by atoms with E-state index in [9.17, 15) is 0 Å². The van der Waals surface area contributed by atoms with Crippen molar-refractivity contribution in [2.24, 2.45) is 12.0 Å². The van der Waals surface area contributed by atoms with Crippen molar-refractivity contribution in [3.63, 3.8) is 0 Å². The Hall–Kier alpha value is -1.77. The van der Waals surface area contributed by atoms with Gasteiger partial charge >= 0.3 is 0 Å². The molecule has 0 aliphatic carbocycles. The van der Waals surface area contributed by atoms with Gasteiger partial charge in [-0.05, 0) is 43.0 Å². The highest BCUT2D eigenvalue weighted by molar-refractivity contribution is 14.0. The molecule has 1 aliphatic rings. The summed E-state index contributed by atoms with van der Waals surface area (Å²) in [5, 5.41) is 7.75. The second kappa shape index (κ2) is 9.96. The second-order valence-corrected chi connectivity index (χ2v) is 6.85. The number of benzene rings is 1. The molecule has 0 spiro atoms. The van der Waals surface area contributed by atoms with Gasteiger partial charge in [-0.1, -0.05) is 12.1 Å². The first-order chi connectivity index (χ1) is 12.6. The Bertz CT molecular complexity index is 773. The second-order valence-electron chi connectivity index (χ2n) is 6.85. The van der Waals surface area contributed by atoms with Crippen molar-refractivity contribution in [1.29, 1.82) is 0 Å². The first-order valence-electron chi connectivity index (χ1n) is 9.26. The van der Waals surface area contributed by atoms with Gasteiger partial charge in [0.1, 0.15) is 5.75 Å². The van der Waals surface area contributed by atoms with E-state index in [2.05, 4.69) is 47.5 Å². The molecule has 1 atom stereocenters. The fourth-order valence-electron chi connectivity index (χ4n) is 3.51. The fourth-order valence-corrected chi connectivity index (χ4v) is 3.51. The quantitative estimate of drug-likeness (QED) is 0.403. The predicted octanol–water partition coefficient (Wildman–Crippen LogP) is 3.31. The van der Waals surface area contributed by atoms with E-state index >= 15 is 0 Å². The monoisotopic (exact) mass is 483 g/mol. The molecule has 1 aliphatic heterocycles. The van der Waals surface area contributed by atoms with E-state index in [0.717, 1.165) is 43.3 Å². The maximum Gasteiger partial charge on any atom is 0.194 e. The molecule has 0 amide bonds. The van der Waals surface area contributed by atoms with Crippen molar-refractivity contribution in [1.82, 2.24) is 20.0 Å². The van der Waals surface area contributed by atoms with Gasteiger partial charge in [-0.3, -0.25) is 4.68 Å². The van der Waals surface area contributed by atoms with Crippen LogP contribution in [0.2, 0.25) is 0 Å². The molecule has 1 aromatic heterocycles. The number of aryl methyl sites for hydroxylation is 2. The van der Waals surface area contributed by atoms with Crippen molar-refractivity contribution in [3.05, 3.63) is 47.3 Å². The van der Waals surface area contributed by atoms with Crippen molar-refractivity contribution in [3.8, 4) is 5.75 Å². The van der Waals surface area contributed by atoms with Gasteiger partial charge in [-0.2, -0.15) is 5.10 Å². The molecule has 1 saturated heterocycles. The number of likely N-dealkylation sites (tertiary alicyclic amines) is 1. The van der Waals surface area contributed by atoms with Crippen LogP contribution < -0.4 is 10.1 Å². The third-order valence-corrected chi connectivity index (χ3v) is 4.89. The standard InChI is InChI=1S/C20H29N5O.HI/c1-5-21-20(22-11-16-6-7-19(26-4)15(2)10-16)25-9-8-17(14-25)18-12-23-24(3)13-18;/h6-7,10,12-13,17H,5,8-9,11,14H2,1-4H3,(H,21,22);1H. The minimum atomic E-state index is 0. The first kappa shape index (κ1) is 21.5. The van der Waals surface area contributed by atoms with Crippen LogP contribution >= 0.6 is 24.0 Å². The molecule has 0 radical (unpaired) electrons. The Kier molecular flexibility index (Phi) is 7.94. The number of methoxy groups -OCH3 is 1. The van der Waals surface area contributed by atoms with Crippen LogP contribution in [0.3, 0.4) is 0 Å². The van der Waals surface area contributed by atoms with Crippen molar-refractivity contribution in [2.75, 3.05) is 26.7 Å². The van der Waals surface area contributed by atoms with Crippen LogP contribution in [0.15, 0.2) is 35.6 Å². The SMILES string of the molecule is CCNC(=NCc1ccc(OC)c(C)c1)N1CCC(c2cnn(C)c2)C1.I. The number of rotatable bonds is 5. The normalized spacial score (nSPS) is 17.0. The number of hydrogen-bond acceptors (Lipinski definition) is 3. The van der Waals surface area contributed by atoms with Crippen LogP contribution in [-0.2, 0) is 13.6 Å². The van der Waals surface area contributed by atoms with Gasteiger partial charge in [0, 0.05) is 38.8 Å². The van der Waals surface area contributed by atoms with Crippen LogP contribution in [-0.4, -0.2) is 47.4 Å². The molecule has 148 valence electrons. The lowest BCUT2D eigenvalue weighted by Gasteiger charge is -2.21. The van der Waals surface area contributed by atoms with Gasteiger partial charge in [-0.25, -0.2) is 4.99 Å². The largest absolute Gasteiger partial charge is 0.496 e. The van der Waals surface area contributed by atoms with E-state index in [1.807, 2.05) is 24.0 Å². The van der Waals surface area contributed by atoms with Crippen molar-refractivity contribution in [2.45, 2.75) is 32.7 Å². The van der Waals surface area contributed by atoms with E-state index in [0.29, 0.717) is 12.5 Å². The maximum absolute atomic E-state index is 5.34. The molecule has 3 rings (SSSR count). The number of ether oxygens (including phenoxy) is 1. The summed E-state index contributed by atoms with van der Waals surface area (Å²) in [5.74, 6) is 2.44. The summed E-state index contributed by atoms with van der Waals surface area (Å²) >= 11 is 0. The summed E-state index contributed by atoms with van der Waals surface area (Å²) in [5.41, 5.74) is 3.65. The average molecular weight is 483 g/mol. The summed E-state index contributed by atoms with van der Waals surface area (Å²) < 4.78 is 7.22. The minimum absolute atomic E-state index is 0. The van der Waals surface area contributed by atoms with Gasteiger partial charge in [0.25, 0.3) is 0 Å². The van der Waals surface area contributed by atoms with E-state index in [-0.39, 0.29) is 24.0 Å². The molecule has 1 aromatic carbocycles. The average Bonchev–Trinajstić information content (AvgIpc) is 3.27. The van der Waals surface area contributed by atoms with Crippen LogP contribution in [0.4, 0.5) is 0 Å². The van der Waals surface area contributed by atoms with E-state index < -0.39 is 0 Å².